The third-order valence-electron chi connectivity index (χ3n) is 6.70. The van der Waals surface area contributed by atoms with Gasteiger partial charge in [0.25, 0.3) is 5.82 Å². The number of hydrogen-bond acceptors (Lipinski definition) is 1. The second-order valence-corrected chi connectivity index (χ2v) is 8.86. The topological polar surface area (TPSA) is 21.7 Å². The van der Waals surface area contributed by atoms with Crippen LogP contribution in [0.2, 0.25) is 0 Å². The van der Waals surface area contributed by atoms with Crippen molar-refractivity contribution >= 4 is 11.0 Å². The summed E-state index contributed by atoms with van der Waals surface area (Å²) in [7, 11) is 2.15. The monoisotopic (exact) mass is 452 g/mol. The van der Waals surface area contributed by atoms with Crippen LogP contribution >= 0.6 is 0 Å². The third-order valence-corrected chi connectivity index (χ3v) is 6.70. The number of rotatable bonds is 4. The number of nitrogens with zero attached hydrogens (tertiary/aromatic N) is 3. The average Bonchev–Trinajstić information content (AvgIpc) is 3.21. The van der Waals surface area contributed by atoms with Crippen molar-refractivity contribution in [3.05, 3.63) is 127 Å². The normalized spacial score (nSPS) is 11.1. The van der Waals surface area contributed by atoms with Crippen LogP contribution in [0.3, 0.4) is 0 Å². The highest BCUT2D eigenvalue weighted by molar-refractivity contribution is 5.86. The molecule has 0 radical (unpaired) electrons. The molecule has 4 aromatic carbocycles. The van der Waals surface area contributed by atoms with E-state index in [1.165, 1.54) is 38.9 Å². The summed E-state index contributed by atoms with van der Waals surface area (Å²) in [5.74, 6) is 1.13. The minimum atomic E-state index is 1.13. The van der Waals surface area contributed by atoms with Gasteiger partial charge in [0.15, 0.2) is 11.0 Å². The summed E-state index contributed by atoms with van der Waals surface area (Å²) in [6.45, 7) is 2.13. The lowest BCUT2D eigenvalue weighted by molar-refractivity contribution is -0.633. The second-order valence-electron chi connectivity index (χ2n) is 8.86. The van der Waals surface area contributed by atoms with Crippen LogP contribution in [-0.4, -0.2) is 9.55 Å². The summed E-state index contributed by atoms with van der Waals surface area (Å²) in [4.78, 5) is 4.35. The van der Waals surface area contributed by atoms with Gasteiger partial charge in [0.2, 0.25) is 0 Å². The van der Waals surface area contributed by atoms with Crippen LogP contribution in [0.15, 0.2) is 122 Å². The Kier molecular flexibility index (Phi) is 5.23. The molecule has 2 aromatic heterocycles. The molecule has 0 unspecified atom stereocenters. The van der Waals surface area contributed by atoms with Crippen molar-refractivity contribution in [1.29, 1.82) is 0 Å². The molecule has 0 saturated heterocycles. The third kappa shape index (κ3) is 3.62. The fourth-order valence-corrected chi connectivity index (χ4v) is 4.97. The van der Waals surface area contributed by atoms with Crippen LogP contribution in [0.5, 0.6) is 0 Å². The average molecular weight is 453 g/mol. The molecular formula is C32H26N3+. The molecule has 0 aliphatic rings. The van der Waals surface area contributed by atoms with E-state index >= 15 is 0 Å². The Hall–Kier alpha value is -4.50. The Labute approximate surface area is 205 Å². The van der Waals surface area contributed by atoms with Gasteiger partial charge in [-0.25, -0.2) is 4.57 Å². The van der Waals surface area contributed by atoms with E-state index in [0.717, 1.165) is 17.1 Å². The molecule has 2 heterocycles. The maximum absolute atomic E-state index is 4.35. The lowest BCUT2D eigenvalue weighted by Gasteiger charge is -2.13. The summed E-state index contributed by atoms with van der Waals surface area (Å²) in [5, 5.41) is 0. The van der Waals surface area contributed by atoms with Gasteiger partial charge >= 0.3 is 0 Å². The Bertz CT molecular complexity index is 1650. The standard InChI is InChI=1S/C32H26N3/c1-23-22-33-20-19-27(23)32-34(2)30-15-9-10-16-31(30)35(32)29-18-17-26(24-11-5-3-6-12-24)21-28(29)25-13-7-4-8-14-25/h3-22H,1-2H3/q+1. The predicted molar refractivity (Wildman–Crippen MR) is 143 cm³/mol. The van der Waals surface area contributed by atoms with E-state index in [0.29, 0.717) is 0 Å². The van der Waals surface area contributed by atoms with Crippen molar-refractivity contribution in [2.45, 2.75) is 6.92 Å². The highest BCUT2D eigenvalue weighted by Crippen LogP contribution is 2.36. The molecule has 0 amide bonds. The Morgan fingerprint density at radius 2 is 1.34 bits per heavy atom. The van der Waals surface area contributed by atoms with Gasteiger partial charge in [-0.15, -0.1) is 0 Å². The molecule has 6 aromatic rings. The predicted octanol–water partition coefficient (Wildman–Crippen LogP) is 7.16. The number of aryl methyl sites for hydroxylation is 2. The van der Waals surface area contributed by atoms with Crippen LogP contribution in [0.25, 0.3) is 50.4 Å². The SMILES string of the molecule is Cc1cnccc1-c1n(-c2ccc(-c3ccccc3)cc2-c2ccccc2)c2ccccc2[n+]1C. The molecule has 0 fully saturated rings. The Morgan fingerprint density at radius 3 is 2.09 bits per heavy atom. The summed E-state index contributed by atoms with van der Waals surface area (Å²) >= 11 is 0. The van der Waals surface area contributed by atoms with E-state index in [2.05, 4.69) is 137 Å². The Balaban J connectivity index is 1.71. The van der Waals surface area contributed by atoms with Gasteiger partial charge in [-0.1, -0.05) is 78.9 Å². The number of fused-ring (bicyclic) bond motifs is 1. The molecule has 0 N–H and O–H groups in total. The number of pyridine rings is 1. The van der Waals surface area contributed by atoms with Crippen LogP contribution in [0.1, 0.15) is 5.56 Å². The summed E-state index contributed by atoms with van der Waals surface area (Å²) in [6, 6.07) is 38.8. The largest absolute Gasteiger partial charge is 0.295 e. The van der Waals surface area contributed by atoms with Gasteiger partial charge in [-0.05, 0) is 59.5 Å². The van der Waals surface area contributed by atoms with Crippen molar-refractivity contribution in [2.24, 2.45) is 7.05 Å². The fourth-order valence-electron chi connectivity index (χ4n) is 4.97. The zero-order chi connectivity index (χ0) is 23.8. The Morgan fingerprint density at radius 1 is 0.657 bits per heavy atom. The highest BCUT2D eigenvalue weighted by atomic mass is 15.2. The van der Waals surface area contributed by atoms with E-state index in [1.807, 2.05) is 12.4 Å². The maximum Gasteiger partial charge on any atom is 0.295 e. The molecule has 6 rings (SSSR count). The second kappa shape index (κ2) is 8.69. The van der Waals surface area contributed by atoms with E-state index < -0.39 is 0 Å². The van der Waals surface area contributed by atoms with Crippen LogP contribution in [-0.2, 0) is 7.05 Å². The number of hydrogen-bond donors (Lipinski definition) is 0. The highest BCUT2D eigenvalue weighted by Gasteiger charge is 2.28. The summed E-state index contributed by atoms with van der Waals surface area (Å²) in [5.41, 5.74) is 10.6. The first kappa shape index (κ1) is 21.1. The van der Waals surface area contributed by atoms with Gasteiger partial charge in [0.1, 0.15) is 5.69 Å². The first-order valence-electron chi connectivity index (χ1n) is 11.9. The van der Waals surface area contributed by atoms with Gasteiger partial charge in [0.05, 0.1) is 12.6 Å². The lowest BCUT2D eigenvalue weighted by Crippen LogP contribution is -2.30. The van der Waals surface area contributed by atoms with Crippen molar-refractivity contribution in [3.63, 3.8) is 0 Å². The quantitative estimate of drug-likeness (QED) is 0.260. The van der Waals surface area contributed by atoms with Crippen molar-refractivity contribution < 1.29 is 4.57 Å². The molecule has 35 heavy (non-hydrogen) atoms. The van der Waals surface area contributed by atoms with Crippen molar-refractivity contribution in [3.8, 4) is 39.3 Å². The smallest absolute Gasteiger partial charge is 0.264 e. The molecule has 0 atom stereocenters. The summed E-state index contributed by atoms with van der Waals surface area (Å²) < 4.78 is 4.69. The van der Waals surface area contributed by atoms with Crippen molar-refractivity contribution in [1.82, 2.24) is 9.55 Å². The van der Waals surface area contributed by atoms with Gasteiger partial charge in [0, 0.05) is 18.0 Å². The van der Waals surface area contributed by atoms with E-state index in [1.54, 1.807) is 0 Å². The molecule has 0 spiro atoms. The minimum absolute atomic E-state index is 1.13. The van der Waals surface area contributed by atoms with Crippen LogP contribution < -0.4 is 4.57 Å². The molecule has 0 saturated carbocycles. The van der Waals surface area contributed by atoms with E-state index in [4.69, 9.17) is 0 Å². The number of imidazole rings is 1. The number of aromatic nitrogens is 3. The first-order chi connectivity index (χ1) is 17.2. The summed E-state index contributed by atoms with van der Waals surface area (Å²) in [6.07, 6.45) is 3.81. The maximum atomic E-state index is 4.35. The zero-order valence-electron chi connectivity index (χ0n) is 19.9. The van der Waals surface area contributed by atoms with E-state index in [9.17, 15) is 0 Å². The number of benzene rings is 4. The van der Waals surface area contributed by atoms with Gasteiger partial charge in [-0.2, -0.15) is 4.57 Å². The zero-order valence-corrected chi connectivity index (χ0v) is 19.9. The van der Waals surface area contributed by atoms with Gasteiger partial charge < -0.3 is 0 Å². The molecule has 3 nitrogen and oxygen atoms in total. The van der Waals surface area contributed by atoms with E-state index in [-0.39, 0.29) is 0 Å². The lowest BCUT2D eigenvalue weighted by atomic mass is 9.97. The fraction of sp³-hybridized carbons (Fsp3) is 0.0625. The molecular weight excluding hydrogens is 426 g/mol. The van der Waals surface area contributed by atoms with Crippen molar-refractivity contribution in [2.75, 3.05) is 0 Å². The first-order valence-corrected chi connectivity index (χ1v) is 11.9. The molecule has 0 aliphatic heterocycles. The minimum Gasteiger partial charge on any atom is -0.264 e. The van der Waals surface area contributed by atoms with Crippen LogP contribution in [0.4, 0.5) is 0 Å². The molecule has 0 bridgehead atoms. The van der Waals surface area contributed by atoms with Crippen LogP contribution in [0, 0.1) is 6.92 Å². The number of para-hydroxylation sites is 2. The molecule has 168 valence electrons. The van der Waals surface area contributed by atoms with Gasteiger partial charge in [-0.3, -0.25) is 4.98 Å². The molecule has 3 heteroatoms. The molecule has 0 aliphatic carbocycles.